The van der Waals surface area contributed by atoms with Gasteiger partial charge < -0.3 is 15.5 Å². The van der Waals surface area contributed by atoms with E-state index in [1.54, 1.807) is 6.07 Å². The van der Waals surface area contributed by atoms with Crippen LogP contribution in [0.25, 0.3) is 0 Å². The second kappa shape index (κ2) is 4.74. The molecule has 5 heteroatoms. The Bertz CT molecular complexity index is 605. The number of halogens is 1. The lowest BCUT2D eigenvalue weighted by atomic mass is 10.1. The molecule has 94 valence electrons. The summed E-state index contributed by atoms with van der Waals surface area (Å²) in [5, 5.41) is 2.92. The van der Waals surface area contributed by atoms with E-state index in [2.05, 4.69) is 5.32 Å². The van der Waals surface area contributed by atoms with Gasteiger partial charge in [0.25, 0.3) is 5.91 Å². The van der Waals surface area contributed by atoms with Crippen LogP contribution in [0.2, 0.25) is 5.22 Å². The summed E-state index contributed by atoms with van der Waals surface area (Å²) in [7, 11) is 0. The largest absolute Gasteiger partial charge is 0.440 e. The lowest BCUT2D eigenvalue weighted by Crippen LogP contribution is -2.12. The number of nitrogens with one attached hydrogen (secondary N) is 1. The average Bonchev–Trinajstić information content (AvgIpc) is 2.73. The number of rotatable bonds is 2. The molecule has 1 heterocycles. The van der Waals surface area contributed by atoms with Crippen LogP contribution in [0.5, 0.6) is 0 Å². The van der Waals surface area contributed by atoms with Crippen molar-refractivity contribution in [3.05, 3.63) is 46.4 Å². The minimum absolute atomic E-state index is 0.165. The minimum atomic E-state index is -0.353. The lowest BCUT2D eigenvalue weighted by molar-refractivity contribution is 0.0996. The molecule has 0 aliphatic rings. The highest BCUT2D eigenvalue weighted by Crippen LogP contribution is 2.23. The first kappa shape index (κ1) is 12.5. The first-order chi connectivity index (χ1) is 8.47. The molecule has 4 nitrogen and oxygen atoms in total. The molecule has 3 N–H and O–H groups in total. The number of hydrogen-bond donors (Lipinski definition) is 2. The van der Waals surface area contributed by atoms with Gasteiger partial charge in [0.2, 0.25) is 0 Å². The van der Waals surface area contributed by atoms with Gasteiger partial charge in [0, 0.05) is 11.4 Å². The Hall–Kier alpha value is -1.94. The van der Waals surface area contributed by atoms with Crippen LogP contribution in [0.15, 0.2) is 28.7 Å². The summed E-state index contributed by atoms with van der Waals surface area (Å²) in [5.41, 5.74) is 9.02. The molecule has 1 aromatic heterocycles. The number of hydrogen-bond acceptors (Lipinski definition) is 3. The van der Waals surface area contributed by atoms with E-state index in [0.717, 1.165) is 11.1 Å². The van der Waals surface area contributed by atoms with Gasteiger partial charge in [-0.15, -0.1) is 0 Å². The molecule has 0 saturated carbocycles. The van der Waals surface area contributed by atoms with E-state index in [9.17, 15) is 4.79 Å². The normalized spacial score (nSPS) is 10.4. The number of furan rings is 1. The number of benzene rings is 1. The van der Waals surface area contributed by atoms with Crippen LogP contribution >= 0.6 is 11.6 Å². The molecule has 0 fully saturated rings. The lowest BCUT2D eigenvalue weighted by Gasteiger charge is -2.10. The number of amides is 1. The van der Waals surface area contributed by atoms with Gasteiger partial charge in [-0.25, -0.2) is 0 Å². The van der Waals surface area contributed by atoms with Crippen molar-refractivity contribution in [3.63, 3.8) is 0 Å². The van der Waals surface area contributed by atoms with Crippen LogP contribution in [0.1, 0.15) is 21.7 Å². The summed E-state index contributed by atoms with van der Waals surface area (Å²) < 4.78 is 5.03. The molecular weight excluding hydrogens is 252 g/mol. The van der Waals surface area contributed by atoms with E-state index >= 15 is 0 Å². The standard InChI is InChI=1S/C13H13ClN2O2/c1-7-5-8(2)10(6-9(7)15)16-13(17)11-3-4-12(14)18-11/h3-6H,15H2,1-2H3,(H,16,17). The van der Waals surface area contributed by atoms with E-state index in [0.29, 0.717) is 11.4 Å². The Balaban J connectivity index is 2.24. The van der Waals surface area contributed by atoms with Gasteiger partial charge >= 0.3 is 0 Å². The Morgan fingerprint density at radius 2 is 2.00 bits per heavy atom. The highest BCUT2D eigenvalue weighted by Gasteiger charge is 2.12. The van der Waals surface area contributed by atoms with E-state index in [1.807, 2.05) is 19.9 Å². The first-order valence-electron chi connectivity index (χ1n) is 5.41. The van der Waals surface area contributed by atoms with Gasteiger partial charge in [-0.3, -0.25) is 4.79 Å². The Morgan fingerprint density at radius 1 is 1.28 bits per heavy atom. The monoisotopic (exact) mass is 264 g/mol. The molecule has 0 atom stereocenters. The topological polar surface area (TPSA) is 68.3 Å². The first-order valence-corrected chi connectivity index (χ1v) is 5.78. The maximum Gasteiger partial charge on any atom is 0.291 e. The summed E-state index contributed by atoms with van der Waals surface area (Å²) in [6, 6.07) is 6.69. The number of nitrogens with two attached hydrogens (primary N) is 1. The molecule has 0 saturated heterocycles. The molecule has 1 aromatic carbocycles. The highest BCUT2D eigenvalue weighted by molar-refractivity contribution is 6.29. The van der Waals surface area contributed by atoms with Gasteiger partial charge in [0.15, 0.2) is 11.0 Å². The van der Waals surface area contributed by atoms with Crippen molar-refractivity contribution in [2.75, 3.05) is 11.1 Å². The van der Waals surface area contributed by atoms with Crippen LogP contribution < -0.4 is 11.1 Å². The van der Waals surface area contributed by atoms with Crippen molar-refractivity contribution in [1.82, 2.24) is 0 Å². The summed E-state index contributed by atoms with van der Waals surface area (Å²) in [4.78, 5) is 11.9. The van der Waals surface area contributed by atoms with Gasteiger partial charge in [0.1, 0.15) is 0 Å². The highest BCUT2D eigenvalue weighted by atomic mass is 35.5. The zero-order valence-corrected chi connectivity index (χ0v) is 10.8. The molecule has 2 rings (SSSR count). The average molecular weight is 265 g/mol. The van der Waals surface area contributed by atoms with E-state index in [4.69, 9.17) is 21.8 Å². The Morgan fingerprint density at radius 3 is 2.61 bits per heavy atom. The fourth-order valence-corrected chi connectivity index (χ4v) is 1.77. The molecule has 0 aliphatic carbocycles. The minimum Gasteiger partial charge on any atom is -0.440 e. The maximum atomic E-state index is 11.9. The smallest absolute Gasteiger partial charge is 0.291 e. The third-order valence-corrected chi connectivity index (χ3v) is 2.86. The SMILES string of the molecule is Cc1cc(C)c(NC(=O)c2ccc(Cl)o2)cc1N. The third kappa shape index (κ3) is 2.49. The van der Waals surface area contributed by atoms with Crippen molar-refractivity contribution in [2.24, 2.45) is 0 Å². The number of nitrogen functional groups attached to an aromatic ring is 1. The quantitative estimate of drug-likeness (QED) is 0.817. The molecule has 1 amide bonds. The summed E-state index contributed by atoms with van der Waals surface area (Å²) in [6.07, 6.45) is 0. The van der Waals surface area contributed by atoms with Gasteiger partial charge in [-0.1, -0.05) is 6.07 Å². The molecule has 0 unspecified atom stereocenters. The van der Waals surface area contributed by atoms with Crippen molar-refractivity contribution in [2.45, 2.75) is 13.8 Å². The second-order valence-electron chi connectivity index (χ2n) is 4.08. The fraction of sp³-hybridized carbons (Fsp3) is 0.154. The maximum absolute atomic E-state index is 11.9. The molecule has 18 heavy (non-hydrogen) atoms. The van der Waals surface area contributed by atoms with Crippen molar-refractivity contribution < 1.29 is 9.21 Å². The zero-order valence-electron chi connectivity index (χ0n) is 10.1. The van der Waals surface area contributed by atoms with Crippen LogP contribution in [0.4, 0.5) is 11.4 Å². The molecule has 0 radical (unpaired) electrons. The molecule has 0 bridgehead atoms. The molecule has 0 aliphatic heterocycles. The van der Waals surface area contributed by atoms with E-state index in [-0.39, 0.29) is 16.9 Å². The van der Waals surface area contributed by atoms with Gasteiger partial charge in [-0.05, 0) is 54.8 Å². The van der Waals surface area contributed by atoms with Crippen LogP contribution in [0, 0.1) is 13.8 Å². The van der Waals surface area contributed by atoms with Crippen LogP contribution in [-0.2, 0) is 0 Å². The van der Waals surface area contributed by atoms with E-state index < -0.39 is 0 Å². The van der Waals surface area contributed by atoms with Crippen molar-refractivity contribution in [1.29, 1.82) is 0 Å². The number of anilines is 2. The number of carbonyl (C=O) groups is 1. The van der Waals surface area contributed by atoms with Crippen molar-refractivity contribution >= 4 is 28.9 Å². The number of carbonyl (C=O) groups excluding carboxylic acids is 1. The second-order valence-corrected chi connectivity index (χ2v) is 4.45. The predicted molar refractivity (Wildman–Crippen MR) is 72.0 cm³/mol. The Labute approximate surface area is 110 Å². The molecule has 2 aromatic rings. The summed E-state index contributed by atoms with van der Waals surface area (Å²) in [5.74, 6) is -0.188. The van der Waals surface area contributed by atoms with Gasteiger partial charge in [-0.2, -0.15) is 0 Å². The molecule has 0 spiro atoms. The van der Waals surface area contributed by atoms with Crippen LogP contribution in [0.3, 0.4) is 0 Å². The van der Waals surface area contributed by atoms with Crippen molar-refractivity contribution in [3.8, 4) is 0 Å². The molecular formula is C13H13ClN2O2. The fourth-order valence-electron chi connectivity index (χ4n) is 1.62. The number of aryl methyl sites for hydroxylation is 2. The summed E-state index contributed by atoms with van der Waals surface area (Å²) >= 11 is 5.62. The summed E-state index contributed by atoms with van der Waals surface area (Å²) in [6.45, 7) is 3.82. The zero-order chi connectivity index (χ0) is 13.3. The van der Waals surface area contributed by atoms with Gasteiger partial charge in [0.05, 0.1) is 0 Å². The predicted octanol–water partition coefficient (Wildman–Crippen LogP) is 3.38. The van der Waals surface area contributed by atoms with E-state index in [1.165, 1.54) is 12.1 Å². The third-order valence-electron chi connectivity index (χ3n) is 2.66. The van der Waals surface area contributed by atoms with Crippen LogP contribution in [-0.4, -0.2) is 5.91 Å². The Kier molecular flexibility index (Phi) is 3.30.